The van der Waals surface area contributed by atoms with Crippen molar-refractivity contribution < 1.29 is 4.79 Å². The van der Waals surface area contributed by atoms with Gasteiger partial charge in [-0.1, -0.05) is 0 Å². The fraction of sp³-hybridized carbons (Fsp3) is 0.222. The molecule has 2 aromatic rings. The number of nitrogens with zero attached hydrogens (tertiary/aromatic N) is 2. The molecule has 1 amide bonds. The first-order valence-electron chi connectivity index (χ1n) is 4.30. The highest BCUT2D eigenvalue weighted by Crippen LogP contribution is 2.37. The molecule has 5 heteroatoms. The number of carbonyl (C=O) groups excluding carboxylic acids is 1. The number of amides is 1. The van der Waals surface area contributed by atoms with Crippen molar-refractivity contribution in [1.29, 1.82) is 0 Å². The van der Waals surface area contributed by atoms with Crippen LogP contribution in [0.25, 0.3) is 10.2 Å². The quantitative estimate of drug-likeness (QED) is 0.712. The van der Waals surface area contributed by atoms with Crippen molar-refractivity contribution in [2.45, 2.75) is 12.8 Å². The van der Waals surface area contributed by atoms with E-state index in [1.807, 2.05) is 6.92 Å². The Morgan fingerprint density at radius 3 is 3.21 bits per heavy atom. The lowest BCUT2D eigenvalue weighted by Gasteiger charge is -2.00. The zero-order valence-corrected chi connectivity index (χ0v) is 8.26. The second-order valence-corrected chi connectivity index (χ2v) is 4.15. The summed E-state index contributed by atoms with van der Waals surface area (Å²) in [5.74, 6) is 0.606. The lowest BCUT2D eigenvalue weighted by atomic mass is 10.1. The number of nitrogens with one attached hydrogen (secondary N) is 1. The molecule has 0 saturated carbocycles. The first-order chi connectivity index (χ1) is 6.77. The summed E-state index contributed by atoms with van der Waals surface area (Å²) in [6, 6.07) is 0. The van der Waals surface area contributed by atoms with E-state index < -0.39 is 0 Å². The maximum Gasteiger partial charge on any atom is 0.232 e. The molecule has 0 radical (unpaired) electrons. The fourth-order valence-corrected chi connectivity index (χ4v) is 2.61. The van der Waals surface area contributed by atoms with Crippen molar-refractivity contribution in [3.8, 4) is 0 Å². The Bertz CT molecular complexity index is 534. The lowest BCUT2D eigenvalue weighted by Crippen LogP contribution is -2.08. The van der Waals surface area contributed by atoms with Gasteiger partial charge >= 0.3 is 0 Å². The molecule has 1 N–H and O–H groups in total. The van der Waals surface area contributed by atoms with Crippen LogP contribution in [-0.2, 0) is 4.79 Å². The fourth-order valence-electron chi connectivity index (χ4n) is 1.71. The number of anilines is 1. The molecule has 0 spiro atoms. The van der Waals surface area contributed by atoms with Gasteiger partial charge in [0.1, 0.15) is 5.82 Å². The van der Waals surface area contributed by atoms with Gasteiger partial charge in [-0.05, 0) is 6.92 Å². The summed E-state index contributed by atoms with van der Waals surface area (Å²) in [4.78, 5) is 19.8. The second-order valence-electron chi connectivity index (χ2n) is 3.30. The number of aromatic nitrogens is 2. The minimum absolute atomic E-state index is 0.0217. The molecule has 1 aliphatic heterocycles. The van der Waals surface area contributed by atoms with Gasteiger partial charge in [0.05, 0.1) is 27.8 Å². The largest absolute Gasteiger partial charge is 0.310 e. The summed E-state index contributed by atoms with van der Waals surface area (Å²) in [5.41, 5.74) is 3.65. The van der Waals surface area contributed by atoms with E-state index in [0.29, 0.717) is 5.82 Å². The van der Waals surface area contributed by atoms with Gasteiger partial charge in [-0.25, -0.2) is 9.97 Å². The number of fused-ring (bicyclic) bond motifs is 3. The maximum atomic E-state index is 11.4. The van der Waals surface area contributed by atoms with Gasteiger partial charge in [-0.3, -0.25) is 4.79 Å². The number of carbonyl (C=O) groups is 1. The van der Waals surface area contributed by atoms with Gasteiger partial charge < -0.3 is 5.32 Å². The van der Waals surface area contributed by atoms with Crippen LogP contribution in [0.2, 0.25) is 0 Å². The number of thiazole rings is 1. The topological polar surface area (TPSA) is 54.9 Å². The summed E-state index contributed by atoms with van der Waals surface area (Å²) in [7, 11) is 0. The third-order valence-electron chi connectivity index (χ3n) is 2.48. The Labute approximate surface area is 84.0 Å². The van der Waals surface area contributed by atoms with Gasteiger partial charge in [0.15, 0.2) is 0 Å². The molecule has 0 bridgehead atoms. The molecule has 3 heterocycles. The Morgan fingerprint density at radius 2 is 2.36 bits per heavy atom. The van der Waals surface area contributed by atoms with Crippen LogP contribution < -0.4 is 5.32 Å². The van der Waals surface area contributed by atoms with E-state index in [-0.39, 0.29) is 11.8 Å². The second kappa shape index (κ2) is 2.51. The number of hydrogen-bond donors (Lipinski definition) is 1. The minimum Gasteiger partial charge on any atom is -0.310 e. The highest BCUT2D eigenvalue weighted by molar-refractivity contribution is 7.17. The van der Waals surface area contributed by atoms with Crippen LogP contribution in [-0.4, -0.2) is 15.9 Å². The van der Waals surface area contributed by atoms with E-state index in [9.17, 15) is 4.79 Å². The molecular weight excluding hydrogens is 198 g/mol. The van der Waals surface area contributed by atoms with Crippen LogP contribution >= 0.6 is 11.3 Å². The van der Waals surface area contributed by atoms with E-state index in [0.717, 1.165) is 15.8 Å². The van der Waals surface area contributed by atoms with E-state index in [2.05, 4.69) is 15.3 Å². The standard InChI is InChI=1S/C9H7N3OS/c1-4-6-7-5(11-3-14-7)2-10-8(6)12-9(4)13/h2-4H,1H3,(H,10,12,13). The summed E-state index contributed by atoms with van der Waals surface area (Å²) < 4.78 is 1.07. The van der Waals surface area contributed by atoms with E-state index >= 15 is 0 Å². The molecule has 2 aromatic heterocycles. The Kier molecular flexibility index (Phi) is 1.41. The predicted molar refractivity (Wildman–Crippen MR) is 54.5 cm³/mol. The zero-order chi connectivity index (χ0) is 9.71. The first-order valence-corrected chi connectivity index (χ1v) is 5.18. The summed E-state index contributed by atoms with van der Waals surface area (Å²) in [6.07, 6.45) is 1.70. The number of hydrogen-bond acceptors (Lipinski definition) is 4. The Hall–Kier alpha value is -1.49. The number of pyridine rings is 1. The molecule has 70 valence electrons. The van der Waals surface area contributed by atoms with Gasteiger partial charge in [0, 0.05) is 5.56 Å². The van der Waals surface area contributed by atoms with Crippen LogP contribution in [0.5, 0.6) is 0 Å². The molecule has 3 rings (SSSR count). The molecule has 0 fully saturated rings. The molecule has 4 nitrogen and oxygen atoms in total. The molecule has 14 heavy (non-hydrogen) atoms. The normalized spacial score (nSPS) is 19.8. The smallest absolute Gasteiger partial charge is 0.232 e. The minimum atomic E-state index is -0.110. The molecule has 1 aliphatic rings. The van der Waals surface area contributed by atoms with Gasteiger partial charge in [0.2, 0.25) is 5.91 Å². The van der Waals surface area contributed by atoms with Crippen molar-refractivity contribution >= 4 is 33.3 Å². The molecule has 0 saturated heterocycles. The monoisotopic (exact) mass is 205 g/mol. The van der Waals surface area contributed by atoms with Crippen molar-refractivity contribution in [2.24, 2.45) is 0 Å². The zero-order valence-electron chi connectivity index (χ0n) is 7.44. The van der Waals surface area contributed by atoms with Crippen molar-refractivity contribution in [3.05, 3.63) is 17.3 Å². The maximum absolute atomic E-state index is 11.4. The van der Waals surface area contributed by atoms with E-state index in [4.69, 9.17) is 0 Å². The SMILES string of the molecule is CC1C(=O)Nc2ncc3ncsc3c21. The van der Waals surface area contributed by atoms with E-state index in [1.165, 1.54) is 0 Å². The average molecular weight is 205 g/mol. The predicted octanol–water partition coefficient (Wildman–Crippen LogP) is 1.75. The Morgan fingerprint density at radius 1 is 1.50 bits per heavy atom. The highest BCUT2D eigenvalue weighted by atomic mass is 32.1. The molecule has 0 aliphatic carbocycles. The summed E-state index contributed by atoms with van der Waals surface area (Å²) >= 11 is 1.56. The Balaban J connectivity index is 2.41. The van der Waals surface area contributed by atoms with Crippen LogP contribution in [0.4, 0.5) is 5.82 Å². The van der Waals surface area contributed by atoms with Gasteiger partial charge in [-0.2, -0.15) is 0 Å². The van der Waals surface area contributed by atoms with Crippen LogP contribution in [0.1, 0.15) is 18.4 Å². The van der Waals surface area contributed by atoms with Gasteiger partial charge in [0.25, 0.3) is 0 Å². The van der Waals surface area contributed by atoms with E-state index in [1.54, 1.807) is 23.0 Å². The summed E-state index contributed by atoms with van der Waals surface area (Å²) in [6.45, 7) is 1.89. The van der Waals surface area contributed by atoms with Crippen LogP contribution in [0.3, 0.4) is 0 Å². The lowest BCUT2D eigenvalue weighted by molar-refractivity contribution is -0.116. The summed E-state index contributed by atoms with van der Waals surface area (Å²) in [5, 5.41) is 2.76. The van der Waals surface area contributed by atoms with Crippen LogP contribution in [0.15, 0.2) is 11.7 Å². The van der Waals surface area contributed by atoms with Crippen molar-refractivity contribution in [1.82, 2.24) is 9.97 Å². The van der Waals surface area contributed by atoms with Crippen molar-refractivity contribution in [3.63, 3.8) is 0 Å². The molecular formula is C9H7N3OS. The molecule has 1 atom stereocenters. The van der Waals surface area contributed by atoms with Gasteiger partial charge in [-0.15, -0.1) is 11.3 Å². The first kappa shape index (κ1) is 7.87. The third-order valence-corrected chi connectivity index (χ3v) is 3.35. The number of rotatable bonds is 0. The average Bonchev–Trinajstić information content (AvgIpc) is 2.72. The van der Waals surface area contributed by atoms with Crippen molar-refractivity contribution in [2.75, 3.05) is 5.32 Å². The highest BCUT2D eigenvalue weighted by Gasteiger charge is 2.30. The third kappa shape index (κ3) is 0.846. The van der Waals surface area contributed by atoms with Crippen LogP contribution in [0, 0.1) is 0 Å². The molecule has 1 unspecified atom stereocenters. The molecule has 0 aromatic carbocycles.